The molecule has 2 heterocycles. The van der Waals surface area contributed by atoms with Gasteiger partial charge in [-0.3, -0.25) is 4.79 Å². The second-order valence-corrected chi connectivity index (χ2v) is 7.84. The van der Waals surface area contributed by atoms with E-state index in [9.17, 15) is 9.59 Å². The molecule has 4 aromatic rings. The Bertz CT molecular complexity index is 1320. The molecule has 152 valence electrons. The van der Waals surface area contributed by atoms with Crippen LogP contribution >= 0.6 is 11.6 Å². The van der Waals surface area contributed by atoms with Gasteiger partial charge in [0.1, 0.15) is 5.58 Å². The van der Waals surface area contributed by atoms with Gasteiger partial charge in [0, 0.05) is 28.2 Å². The molecule has 2 aromatic carbocycles. The highest BCUT2D eigenvalue weighted by Crippen LogP contribution is 2.26. The quantitative estimate of drug-likeness (QED) is 0.452. The van der Waals surface area contributed by atoms with E-state index in [0.717, 1.165) is 22.3 Å². The van der Waals surface area contributed by atoms with Crippen LogP contribution < -0.4 is 10.9 Å². The highest BCUT2D eigenvalue weighted by molar-refractivity contribution is 6.30. The van der Waals surface area contributed by atoms with Crippen molar-refractivity contribution in [3.63, 3.8) is 0 Å². The topological polar surface area (TPSA) is 77.1 Å². The predicted octanol–water partition coefficient (Wildman–Crippen LogP) is 5.32. The van der Waals surface area contributed by atoms with E-state index in [-0.39, 0.29) is 11.8 Å². The van der Waals surface area contributed by atoms with Crippen molar-refractivity contribution >= 4 is 34.2 Å². The molecule has 0 radical (unpaired) electrons. The molecule has 0 unspecified atom stereocenters. The summed E-state index contributed by atoms with van der Waals surface area (Å²) in [5.41, 5.74) is 3.39. The zero-order valence-corrected chi connectivity index (χ0v) is 17.5. The third kappa shape index (κ3) is 3.74. The van der Waals surface area contributed by atoms with Crippen molar-refractivity contribution in [2.75, 3.05) is 5.32 Å². The summed E-state index contributed by atoms with van der Waals surface area (Å²) in [5.74, 6) is -0.245. The van der Waals surface area contributed by atoms with E-state index in [4.69, 9.17) is 16.0 Å². The summed E-state index contributed by atoms with van der Waals surface area (Å²) in [4.78, 5) is 24.7. The Labute approximate surface area is 178 Å². The average Bonchev–Trinajstić information content (AvgIpc) is 3.13. The van der Waals surface area contributed by atoms with Gasteiger partial charge in [-0.2, -0.15) is 5.10 Å². The van der Waals surface area contributed by atoms with Gasteiger partial charge in [-0.1, -0.05) is 31.5 Å². The number of rotatable bonds is 4. The smallest absolute Gasteiger partial charge is 0.336 e. The number of anilines is 1. The molecule has 4 rings (SSSR count). The van der Waals surface area contributed by atoms with Crippen molar-refractivity contribution in [1.82, 2.24) is 9.78 Å². The summed E-state index contributed by atoms with van der Waals surface area (Å²) in [6, 6.07) is 14.0. The Hall–Kier alpha value is -3.38. The standard InChI is InChI=1S/C23H20ClN3O3/c1-13(2)22-19(12-25-27(22)17-6-4-5-15(24)10-17)23(29)26-16-7-8-18-14(3)9-21(28)30-20(18)11-16/h4-13H,1-3H3,(H,26,29). The Balaban J connectivity index is 1.70. The molecule has 0 aliphatic heterocycles. The predicted molar refractivity (Wildman–Crippen MR) is 118 cm³/mol. The molecule has 2 aromatic heterocycles. The SMILES string of the molecule is Cc1cc(=O)oc2cc(NC(=O)c3cnn(-c4cccc(Cl)c4)c3C(C)C)ccc12. The molecule has 0 spiro atoms. The van der Waals surface area contributed by atoms with Crippen LogP contribution in [-0.4, -0.2) is 15.7 Å². The van der Waals surface area contributed by atoms with E-state index in [0.29, 0.717) is 21.9 Å². The van der Waals surface area contributed by atoms with Crippen molar-refractivity contribution in [3.8, 4) is 5.69 Å². The maximum absolute atomic E-state index is 13.0. The first kappa shape index (κ1) is 19.9. The molecule has 0 bridgehead atoms. The Morgan fingerprint density at radius 3 is 2.70 bits per heavy atom. The number of carbonyl (C=O) groups excluding carboxylic acids is 1. The second-order valence-electron chi connectivity index (χ2n) is 7.40. The maximum Gasteiger partial charge on any atom is 0.336 e. The molecule has 0 atom stereocenters. The summed E-state index contributed by atoms with van der Waals surface area (Å²) < 4.78 is 7.00. The fraction of sp³-hybridized carbons (Fsp3) is 0.174. The molecule has 7 heteroatoms. The number of benzene rings is 2. The first-order valence-electron chi connectivity index (χ1n) is 9.53. The molecule has 1 amide bonds. The normalized spacial score (nSPS) is 11.2. The van der Waals surface area contributed by atoms with Crippen LogP contribution in [0.15, 0.2) is 63.9 Å². The van der Waals surface area contributed by atoms with E-state index in [1.807, 2.05) is 39.0 Å². The number of amides is 1. The molecule has 0 saturated carbocycles. The molecule has 0 fully saturated rings. The van der Waals surface area contributed by atoms with Crippen LogP contribution in [0.5, 0.6) is 0 Å². The first-order chi connectivity index (χ1) is 14.3. The minimum absolute atomic E-state index is 0.0458. The van der Waals surface area contributed by atoms with Gasteiger partial charge in [-0.05, 0) is 48.7 Å². The summed E-state index contributed by atoms with van der Waals surface area (Å²) >= 11 is 6.12. The van der Waals surface area contributed by atoms with E-state index in [1.165, 1.54) is 6.07 Å². The number of fused-ring (bicyclic) bond motifs is 1. The minimum atomic E-state index is -0.423. The van der Waals surface area contributed by atoms with Gasteiger partial charge in [0.2, 0.25) is 0 Å². The fourth-order valence-electron chi connectivity index (χ4n) is 3.50. The van der Waals surface area contributed by atoms with Crippen molar-refractivity contribution < 1.29 is 9.21 Å². The largest absolute Gasteiger partial charge is 0.423 e. The Morgan fingerprint density at radius 1 is 1.17 bits per heavy atom. The van der Waals surface area contributed by atoms with Crippen molar-refractivity contribution in [1.29, 1.82) is 0 Å². The molecule has 0 saturated heterocycles. The summed E-state index contributed by atoms with van der Waals surface area (Å²) in [6.07, 6.45) is 1.55. The van der Waals surface area contributed by atoms with Gasteiger partial charge in [0.25, 0.3) is 5.91 Å². The third-order valence-corrected chi connectivity index (χ3v) is 5.10. The molecule has 6 nitrogen and oxygen atoms in total. The van der Waals surface area contributed by atoms with E-state index in [2.05, 4.69) is 10.4 Å². The van der Waals surface area contributed by atoms with E-state index < -0.39 is 5.63 Å². The Morgan fingerprint density at radius 2 is 1.97 bits per heavy atom. The Kier molecular flexibility index (Phi) is 5.18. The fourth-order valence-corrected chi connectivity index (χ4v) is 3.69. The molecule has 0 aliphatic carbocycles. The van der Waals surface area contributed by atoms with Gasteiger partial charge >= 0.3 is 5.63 Å². The lowest BCUT2D eigenvalue weighted by Crippen LogP contribution is -2.15. The van der Waals surface area contributed by atoms with Crippen molar-refractivity contribution in [3.05, 3.63) is 87.0 Å². The summed E-state index contributed by atoms with van der Waals surface area (Å²) in [6.45, 7) is 5.85. The maximum atomic E-state index is 13.0. The van der Waals surface area contributed by atoms with Crippen LogP contribution in [0.1, 0.15) is 41.4 Å². The second kappa shape index (κ2) is 7.80. The zero-order chi connectivity index (χ0) is 21.4. The summed E-state index contributed by atoms with van der Waals surface area (Å²) in [5, 5.41) is 8.72. The van der Waals surface area contributed by atoms with Crippen LogP contribution in [0.4, 0.5) is 5.69 Å². The number of aromatic nitrogens is 2. The number of hydrogen-bond donors (Lipinski definition) is 1. The molecule has 1 N–H and O–H groups in total. The highest BCUT2D eigenvalue weighted by atomic mass is 35.5. The van der Waals surface area contributed by atoms with Crippen LogP contribution in [0.3, 0.4) is 0 Å². The third-order valence-electron chi connectivity index (χ3n) is 4.86. The van der Waals surface area contributed by atoms with Gasteiger partial charge in [-0.25, -0.2) is 9.48 Å². The highest BCUT2D eigenvalue weighted by Gasteiger charge is 2.21. The first-order valence-corrected chi connectivity index (χ1v) is 9.91. The lowest BCUT2D eigenvalue weighted by molar-refractivity contribution is 0.102. The van der Waals surface area contributed by atoms with E-state index in [1.54, 1.807) is 35.1 Å². The molecular formula is C23H20ClN3O3. The lowest BCUT2D eigenvalue weighted by Gasteiger charge is -2.13. The number of carbonyl (C=O) groups is 1. The number of halogens is 1. The monoisotopic (exact) mass is 421 g/mol. The van der Waals surface area contributed by atoms with E-state index >= 15 is 0 Å². The number of nitrogens with zero attached hydrogens (tertiary/aromatic N) is 2. The molecule has 30 heavy (non-hydrogen) atoms. The van der Waals surface area contributed by atoms with Crippen molar-refractivity contribution in [2.24, 2.45) is 0 Å². The van der Waals surface area contributed by atoms with Crippen LogP contribution in [0.2, 0.25) is 5.02 Å². The number of nitrogens with one attached hydrogen (secondary N) is 1. The van der Waals surface area contributed by atoms with Gasteiger partial charge in [0.05, 0.1) is 23.1 Å². The van der Waals surface area contributed by atoms with Gasteiger partial charge in [0.15, 0.2) is 0 Å². The minimum Gasteiger partial charge on any atom is -0.423 e. The van der Waals surface area contributed by atoms with Crippen LogP contribution in [0.25, 0.3) is 16.7 Å². The lowest BCUT2D eigenvalue weighted by atomic mass is 10.0. The van der Waals surface area contributed by atoms with Gasteiger partial charge in [-0.15, -0.1) is 0 Å². The number of aryl methyl sites for hydroxylation is 1. The van der Waals surface area contributed by atoms with Gasteiger partial charge < -0.3 is 9.73 Å². The zero-order valence-electron chi connectivity index (χ0n) is 16.8. The van der Waals surface area contributed by atoms with Crippen LogP contribution in [0, 0.1) is 6.92 Å². The van der Waals surface area contributed by atoms with Crippen LogP contribution in [-0.2, 0) is 0 Å². The van der Waals surface area contributed by atoms with Crippen molar-refractivity contribution in [2.45, 2.75) is 26.7 Å². The average molecular weight is 422 g/mol. The molecular weight excluding hydrogens is 402 g/mol. The molecule has 0 aliphatic rings. The number of hydrogen-bond acceptors (Lipinski definition) is 4. The summed E-state index contributed by atoms with van der Waals surface area (Å²) in [7, 11) is 0.